The molecule has 4 rings (SSSR count). The van der Waals surface area contributed by atoms with Crippen LogP contribution in [0.2, 0.25) is 0 Å². The van der Waals surface area contributed by atoms with Gasteiger partial charge in [-0.1, -0.05) is 136 Å². The standard InChI is InChI=1S/C34H41NO2/c1-3-5-6-10-17-28(4-2)24-32-25-34(30-20-13-8-14-21-30,31-22-15-9-16-23-31)27-35(32)33(36)37-26-29-18-11-7-12-19-29/h7-9,11-16,18-24,32H,3-6,10,17,25-27H2,1-2H3/b28-24-. The number of hydrogen-bond acceptors (Lipinski definition) is 2. The molecule has 1 saturated heterocycles. The molecule has 1 fully saturated rings. The third kappa shape index (κ3) is 6.71. The first kappa shape index (κ1) is 26.7. The van der Waals surface area contributed by atoms with Crippen molar-refractivity contribution in [3.8, 4) is 0 Å². The molecule has 0 radical (unpaired) electrons. The van der Waals surface area contributed by atoms with E-state index in [9.17, 15) is 4.79 Å². The van der Waals surface area contributed by atoms with E-state index in [-0.39, 0.29) is 24.2 Å². The van der Waals surface area contributed by atoms with Crippen LogP contribution in [0.15, 0.2) is 103 Å². The lowest BCUT2D eigenvalue weighted by Gasteiger charge is -2.30. The number of unbranched alkanes of at least 4 members (excludes halogenated alkanes) is 3. The minimum Gasteiger partial charge on any atom is -0.445 e. The maximum absolute atomic E-state index is 13.6. The first-order valence-electron chi connectivity index (χ1n) is 13.9. The first-order valence-corrected chi connectivity index (χ1v) is 13.9. The highest BCUT2D eigenvalue weighted by Crippen LogP contribution is 2.44. The zero-order valence-corrected chi connectivity index (χ0v) is 22.4. The summed E-state index contributed by atoms with van der Waals surface area (Å²) in [6.45, 7) is 5.37. The Hall–Kier alpha value is -3.33. The Labute approximate surface area is 223 Å². The second-order valence-electron chi connectivity index (χ2n) is 10.2. The average molecular weight is 496 g/mol. The third-order valence-corrected chi connectivity index (χ3v) is 7.72. The number of rotatable bonds is 11. The van der Waals surface area contributed by atoms with E-state index >= 15 is 0 Å². The van der Waals surface area contributed by atoms with Gasteiger partial charge in [0.1, 0.15) is 6.61 Å². The van der Waals surface area contributed by atoms with Crippen LogP contribution in [-0.4, -0.2) is 23.6 Å². The summed E-state index contributed by atoms with van der Waals surface area (Å²) in [5.41, 5.74) is 4.66. The molecule has 37 heavy (non-hydrogen) atoms. The second kappa shape index (κ2) is 13.3. The van der Waals surface area contributed by atoms with Gasteiger partial charge < -0.3 is 9.64 Å². The summed E-state index contributed by atoms with van der Waals surface area (Å²) in [5, 5.41) is 0. The summed E-state index contributed by atoms with van der Waals surface area (Å²) in [4.78, 5) is 15.6. The lowest BCUT2D eigenvalue weighted by molar-refractivity contribution is 0.0962. The van der Waals surface area contributed by atoms with Crippen molar-refractivity contribution in [2.45, 2.75) is 76.9 Å². The lowest BCUT2D eigenvalue weighted by atomic mass is 9.73. The largest absolute Gasteiger partial charge is 0.445 e. The molecule has 1 aliphatic rings. The van der Waals surface area contributed by atoms with Crippen LogP contribution in [0.5, 0.6) is 0 Å². The smallest absolute Gasteiger partial charge is 0.410 e. The zero-order chi connectivity index (χ0) is 25.9. The van der Waals surface area contributed by atoms with Crippen molar-refractivity contribution in [3.05, 3.63) is 119 Å². The fourth-order valence-electron chi connectivity index (χ4n) is 5.62. The molecular formula is C34H41NO2. The number of nitrogens with zero attached hydrogens (tertiary/aromatic N) is 1. The minimum atomic E-state index is -0.281. The Balaban J connectivity index is 1.66. The van der Waals surface area contributed by atoms with Gasteiger partial charge in [-0.05, 0) is 42.4 Å². The van der Waals surface area contributed by atoms with Crippen LogP contribution in [0.3, 0.4) is 0 Å². The fraction of sp³-hybridized carbons (Fsp3) is 0.382. The van der Waals surface area contributed by atoms with Gasteiger partial charge in [0.2, 0.25) is 0 Å². The van der Waals surface area contributed by atoms with Crippen LogP contribution in [0, 0.1) is 0 Å². The normalized spacial score (nSPS) is 17.1. The molecule has 0 aliphatic carbocycles. The van der Waals surface area contributed by atoms with Gasteiger partial charge in [-0.25, -0.2) is 4.79 Å². The Kier molecular flexibility index (Phi) is 9.59. The molecule has 3 heteroatoms. The molecule has 0 N–H and O–H groups in total. The van der Waals surface area contributed by atoms with Gasteiger partial charge in [-0.3, -0.25) is 0 Å². The molecule has 1 aliphatic heterocycles. The molecule has 1 unspecified atom stereocenters. The van der Waals surface area contributed by atoms with Crippen molar-refractivity contribution >= 4 is 6.09 Å². The van der Waals surface area contributed by atoms with E-state index in [1.54, 1.807) is 0 Å². The molecule has 1 amide bonds. The Morgan fingerprint density at radius 1 is 0.865 bits per heavy atom. The van der Waals surface area contributed by atoms with Gasteiger partial charge in [-0.15, -0.1) is 0 Å². The quantitative estimate of drug-likeness (QED) is 0.197. The van der Waals surface area contributed by atoms with E-state index in [1.807, 2.05) is 35.2 Å². The Morgan fingerprint density at radius 3 is 2.03 bits per heavy atom. The fourth-order valence-corrected chi connectivity index (χ4v) is 5.62. The maximum Gasteiger partial charge on any atom is 0.410 e. The first-order chi connectivity index (χ1) is 18.2. The maximum atomic E-state index is 13.6. The average Bonchev–Trinajstić information content (AvgIpc) is 3.35. The van der Waals surface area contributed by atoms with E-state index in [1.165, 1.54) is 42.4 Å². The van der Waals surface area contributed by atoms with Crippen molar-refractivity contribution in [1.82, 2.24) is 4.90 Å². The number of amides is 1. The van der Waals surface area contributed by atoms with Crippen LogP contribution in [0.4, 0.5) is 4.79 Å². The lowest BCUT2D eigenvalue weighted by Crippen LogP contribution is -2.37. The van der Waals surface area contributed by atoms with Crippen LogP contribution >= 0.6 is 0 Å². The van der Waals surface area contributed by atoms with Crippen LogP contribution in [0.1, 0.15) is 75.5 Å². The highest BCUT2D eigenvalue weighted by molar-refractivity contribution is 5.70. The molecule has 0 aromatic heterocycles. The van der Waals surface area contributed by atoms with Crippen LogP contribution in [0.25, 0.3) is 0 Å². The van der Waals surface area contributed by atoms with Crippen molar-refractivity contribution in [3.63, 3.8) is 0 Å². The third-order valence-electron chi connectivity index (χ3n) is 7.72. The predicted octanol–water partition coefficient (Wildman–Crippen LogP) is 8.69. The van der Waals surface area contributed by atoms with E-state index in [4.69, 9.17) is 4.74 Å². The van der Waals surface area contributed by atoms with Gasteiger partial charge in [0, 0.05) is 12.0 Å². The molecule has 1 heterocycles. The van der Waals surface area contributed by atoms with Gasteiger partial charge in [-0.2, -0.15) is 0 Å². The molecule has 1 atom stereocenters. The highest BCUT2D eigenvalue weighted by atomic mass is 16.6. The number of benzene rings is 3. The molecule has 0 saturated carbocycles. The van der Waals surface area contributed by atoms with Crippen LogP contribution in [-0.2, 0) is 16.8 Å². The van der Waals surface area contributed by atoms with E-state index in [0.29, 0.717) is 6.54 Å². The molecule has 3 aromatic carbocycles. The van der Waals surface area contributed by atoms with Crippen molar-refractivity contribution in [2.24, 2.45) is 0 Å². The highest BCUT2D eigenvalue weighted by Gasteiger charge is 2.48. The van der Waals surface area contributed by atoms with Gasteiger partial charge >= 0.3 is 6.09 Å². The van der Waals surface area contributed by atoms with Gasteiger partial charge in [0.15, 0.2) is 0 Å². The minimum absolute atomic E-state index is 0.00943. The SMILES string of the molecule is CCCCCC/C(=C\C1CC(c2ccccc2)(c2ccccc2)CN1C(=O)OCc1ccccc1)CC. The number of ether oxygens (including phenoxy) is 1. The molecule has 3 nitrogen and oxygen atoms in total. The number of likely N-dealkylation sites (tertiary alicyclic amines) is 1. The number of allylic oxidation sites excluding steroid dienone is 1. The van der Waals surface area contributed by atoms with Crippen molar-refractivity contribution in [1.29, 1.82) is 0 Å². The summed E-state index contributed by atoms with van der Waals surface area (Å²) >= 11 is 0. The second-order valence-corrected chi connectivity index (χ2v) is 10.2. The summed E-state index contributed by atoms with van der Waals surface area (Å²) in [7, 11) is 0. The predicted molar refractivity (Wildman–Crippen MR) is 153 cm³/mol. The summed E-state index contributed by atoms with van der Waals surface area (Å²) in [5.74, 6) is 0. The summed E-state index contributed by atoms with van der Waals surface area (Å²) < 4.78 is 5.89. The summed E-state index contributed by atoms with van der Waals surface area (Å²) in [6.07, 6.45) is 10.1. The molecule has 3 aromatic rings. The molecular weight excluding hydrogens is 454 g/mol. The topological polar surface area (TPSA) is 29.5 Å². The van der Waals surface area contributed by atoms with Gasteiger partial charge in [0.05, 0.1) is 6.04 Å². The number of carbonyl (C=O) groups is 1. The van der Waals surface area contributed by atoms with Crippen molar-refractivity contribution < 1.29 is 9.53 Å². The Bertz CT molecular complexity index is 1080. The summed E-state index contributed by atoms with van der Waals surface area (Å²) in [6, 6.07) is 31.3. The van der Waals surface area contributed by atoms with Gasteiger partial charge in [0.25, 0.3) is 0 Å². The monoisotopic (exact) mass is 495 g/mol. The van der Waals surface area contributed by atoms with E-state index in [0.717, 1.165) is 24.8 Å². The van der Waals surface area contributed by atoms with Crippen LogP contribution < -0.4 is 0 Å². The molecule has 0 spiro atoms. The van der Waals surface area contributed by atoms with E-state index < -0.39 is 0 Å². The van der Waals surface area contributed by atoms with Crippen molar-refractivity contribution in [2.75, 3.05) is 6.54 Å². The molecule has 194 valence electrons. The Morgan fingerprint density at radius 2 is 1.46 bits per heavy atom. The number of hydrogen-bond donors (Lipinski definition) is 0. The zero-order valence-electron chi connectivity index (χ0n) is 22.4. The molecule has 0 bridgehead atoms. The number of carbonyl (C=O) groups excluding carboxylic acids is 1. The van der Waals surface area contributed by atoms with E-state index in [2.05, 4.69) is 80.6 Å².